The molecule has 0 aromatic heterocycles. The Labute approximate surface area is 119 Å². The van der Waals surface area contributed by atoms with Gasteiger partial charge in [0.15, 0.2) is 12.3 Å². The quantitative estimate of drug-likeness (QED) is 0.214. The first-order valence-corrected chi connectivity index (χ1v) is 8.98. The summed E-state index contributed by atoms with van der Waals surface area (Å²) in [5.74, 6) is -0.988. The van der Waals surface area contributed by atoms with Gasteiger partial charge in [-0.25, -0.2) is 4.79 Å². The third-order valence-electron chi connectivity index (χ3n) is 2.05. The van der Waals surface area contributed by atoms with Crippen LogP contribution >= 0.6 is 6.49 Å². The fourth-order valence-electron chi connectivity index (χ4n) is 1.32. The molecule has 0 aromatic carbocycles. The first-order valence-electron chi connectivity index (χ1n) is 6.16. The molecule has 0 aliphatic heterocycles. The van der Waals surface area contributed by atoms with Crippen molar-refractivity contribution in [2.24, 2.45) is 0 Å². The van der Waals surface area contributed by atoms with Crippen molar-refractivity contribution in [1.29, 1.82) is 0 Å². The zero-order chi connectivity index (χ0) is 14.9. The molecule has 0 fully saturated rings. The van der Waals surface area contributed by atoms with E-state index in [1.54, 1.807) is 6.92 Å². The molecule has 0 bridgehead atoms. The maximum atomic E-state index is 11.6. The van der Waals surface area contributed by atoms with E-state index < -0.39 is 12.5 Å². The van der Waals surface area contributed by atoms with Crippen molar-refractivity contribution >= 4 is 30.1 Å². The average molecular weight is 308 g/mol. The Bertz CT molecular complexity index is 382. The molecule has 0 aliphatic rings. The highest BCUT2D eigenvalue weighted by Crippen LogP contribution is 2.48. The number of Topliss-reactive ketones (excluding diaryl/α,β-unsaturated/α-hetero) is 1. The Morgan fingerprint density at radius 3 is 2.00 bits per heavy atom. The molecule has 5 nitrogen and oxygen atoms in total. The number of rotatable bonds is 9. The molecule has 0 radical (unpaired) electrons. The normalized spacial score (nSPS) is 12.3. The van der Waals surface area contributed by atoms with E-state index in [1.165, 1.54) is 13.0 Å². The van der Waals surface area contributed by atoms with Gasteiger partial charge in [-0.15, -0.1) is 0 Å². The minimum atomic E-state index is -2.47. The molecular weight excluding hydrogens is 287 g/mol. The first kappa shape index (κ1) is 18.4. The molecule has 0 spiro atoms. The average Bonchev–Trinajstić information content (AvgIpc) is 2.29. The van der Waals surface area contributed by atoms with Crippen LogP contribution in [0.3, 0.4) is 0 Å². The summed E-state index contributed by atoms with van der Waals surface area (Å²) >= 11 is 5.31. The Morgan fingerprint density at radius 1 is 1.11 bits per heavy atom. The SMILES string of the molecule is CCOC(=O)C(=CCP(=S)(OCC)OCC)C(C)=O. The van der Waals surface area contributed by atoms with E-state index in [4.69, 9.17) is 25.6 Å². The van der Waals surface area contributed by atoms with Crippen LogP contribution in [-0.4, -0.2) is 37.7 Å². The fourth-order valence-corrected chi connectivity index (χ4v) is 3.65. The predicted octanol–water partition coefficient (Wildman–Crippen LogP) is 2.45. The molecule has 0 aromatic rings. The summed E-state index contributed by atoms with van der Waals surface area (Å²) in [7, 11) is 0. The second-order valence-corrected chi connectivity index (χ2v) is 7.30. The van der Waals surface area contributed by atoms with Crippen molar-refractivity contribution in [3.8, 4) is 0 Å². The van der Waals surface area contributed by atoms with Crippen LogP contribution in [0.5, 0.6) is 0 Å². The lowest BCUT2D eigenvalue weighted by molar-refractivity contribution is -0.139. The van der Waals surface area contributed by atoms with Gasteiger partial charge in [0.25, 0.3) is 0 Å². The third-order valence-corrected chi connectivity index (χ3v) is 5.06. The topological polar surface area (TPSA) is 61.8 Å². The highest BCUT2D eigenvalue weighted by atomic mass is 32.5. The van der Waals surface area contributed by atoms with Crippen LogP contribution in [0, 0.1) is 0 Å². The lowest BCUT2D eigenvalue weighted by Crippen LogP contribution is -2.14. The molecule has 7 heteroatoms. The minimum absolute atomic E-state index is 0.00418. The molecule has 110 valence electrons. The summed E-state index contributed by atoms with van der Waals surface area (Å²) < 4.78 is 15.7. The smallest absolute Gasteiger partial charge is 0.341 e. The summed E-state index contributed by atoms with van der Waals surface area (Å²) in [6, 6.07) is 0. The van der Waals surface area contributed by atoms with Gasteiger partial charge in [-0.1, -0.05) is 6.08 Å². The standard InChI is InChI=1S/C12H21O5PS/c1-5-15-12(14)11(10(4)13)8-9-18(19,16-6-2)17-7-3/h8H,5-7,9H2,1-4H3. The van der Waals surface area contributed by atoms with Crippen LogP contribution in [0.25, 0.3) is 0 Å². The zero-order valence-corrected chi connectivity index (χ0v) is 13.5. The number of hydrogen-bond donors (Lipinski definition) is 0. The summed E-state index contributed by atoms with van der Waals surface area (Å²) in [6.45, 7) is 5.24. The van der Waals surface area contributed by atoms with E-state index in [2.05, 4.69) is 0 Å². The Morgan fingerprint density at radius 2 is 1.63 bits per heavy atom. The van der Waals surface area contributed by atoms with Gasteiger partial charge in [0.1, 0.15) is 0 Å². The minimum Gasteiger partial charge on any atom is -0.462 e. The highest BCUT2D eigenvalue weighted by Gasteiger charge is 2.20. The summed E-state index contributed by atoms with van der Waals surface area (Å²) in [4.78, 5) is 23.0. The Balaban J connectivity index is 4.99. The van der Waals surface area contributed by atoms with Gasteiger partial charge in [0.2, 0.25) is 0 Å². The van der Waals surface area contributed by atoms with E-state index in [1.807, 2.05) is 13.8 Å². The van der Waals surface area contributed by atoms with Gasteiger partial charge in [-0.3, -0.25) is 4.79 Å². The molecule has 0 N–H and O–H groups in total. The molecule has 0 rings (SSSR count). The van der Waals surface area contributed by atoms with Gasteiger partial charge in [0.05, 0.1) is 25.4 Å². The maximum absolute atomic E-state index is 11.6. The van der Waals surface area contributed by atoms with Crippen LogP contribution in [0.4, 0.5) is 0 Å². The molecule has 0 saturated carbocycles. The third kappa shape index (κ3) is 6.97. The number of allylic oxidation sites excluding steroid dienone is 1. The number of hydrogen-bond acceptors (Lipinski definition) is 6. The molecule has 0 unspecified atom stereocenters. The fraction of sp³-hybridized carbons (Fsp3) is 0.667. The van der Waals surface area contributed by atoms with Crippen LogP contribution in [0.1, 0.15) is 27.7 Å². The molecule has 0 saturated heterocycles. The number of ketones is 1. The second-order valence-electron chi connectivity index (χ2n) is 3.52. The van der Waals surface area contributed by atoms with Crippen molar-refractivity contribution in [1.82, 2.24) is 0 Å². The number of carbonyl (C=O) groups excluding carboxylic acids is 2. The van der Waals surface area contributed by atoms with Gasteiger partial charge in [-0.2, -0.15) is 0 Å². The molecule has 0 heterocycles. The zero-order valence-electron chi connectivity index (χ0n) is 11.8. The van der Waals surface area contributed by atoms with Gasteiger partial charge >= 0.3 is 5.97 Å². The summed E-state index contributed by atoms with van der Waals surface area (Å²) in [6.07, 6.45) is 1.70. The second kappa shape index (κ2) is 9.37. The van der Waals surface area contributed by atoms with Crippen molar-refractivity contribution in [3.05, 3.63) is 11.6 Å². The van der Waals surface area contributed by atoms with Crippen molar-refractivity contribution < 1.29 is 23.4 Å². The Kier molecular flexibility index (Phi) is 9.10. The van der Waals surface area contributed by atoms with E-state index in [0.29, 0.717) is 13.2 Å². The van der Waals surface area contributed by atoms with Crippen LogP contribution in [-0.2, 0) is 35.2 Å². The Hall–Kier alpha value is -0.550. The van der Waals surface area contributed by atoms with Gasteiger partial charge < -0.3 is 13.8 Å². The van der Waals surface area contributed by atoms with E-state index >= 15 is 0 Å². The van der Waals surface area contributed by atoms with Gasteiger partial charge in [0, 0.05) is 6.16 Å². The van der Waals surface area contributed by atoms with Crippen LogP contribution in [0.15, 0.2) is 11.6 Å². The van der Waals surface area contributed by atoms with Crippen molar-refractivity contribution in [2.75, 3.05) is 26.0 Å². The molecule has 0 aliphatic carbocycles. The summed E-state index contributed by atoms with van der Waals surface area (Å²) in [5.41, 5.74) is -0.00418. The molecule has 19 heavy (non-hydrogen) atoms. The monoisotopic (exact) mass is 308 g/mol. The first-order chi connectivity index (χ1) is 8.90. The molecular formula is C12H21O5PS. The lowest BCUT2D eigenvalue weighted by atomic mass is 10.2. The number of esters is 1. The molecule has 0 amide bonds. The van der Waals surface area contributed by atoms with Crippen LogP contribution in [0.2, 0.25) is 0 Å². The maximum Gasteiger partial charge on any atom is 0.341 e. The van der Waals surface area contributed by atoms with Crippen molar-refractivity contribution in [3.63, 3.8) is 0 Å². The number of ether oxygens (including phenoxy) is 1. The van der Waals surface area contributed by atoms with E-state index in [-0.39, 0.29) is 24.1 Å². The largest absolute Gasteiger partial charge is 0.462 e. The molecule has 0 atom stereocenters. The highest BCUT2D eigenvalue weighted by molar-refractivity contribution is 8.10. The van der Waals surface area contributed by atoms with E-state index in [9.17, 15) is 9.59 Å². The van der Waals surface area contributed by atoms with Crippen LogP contribution < -0.4 is 0 Å². The summed E-state index contributed by atoms with van der Waals surface area (Å²) in [5, 5.41) is 0. The van der Waals surface area contributed by atoms with Gasteiger partial charge in [-0.05, 0) is 39.5 Å². The predicted molar refractivity (Wildman–Crippen MR) is 77.8 cm³/mol. The van der Waals surface area contributed by atoms with Crippen molar-refractivity contribution in [2.45, 2.75) is 27.7 Å². The van der Waals surface area contributed by atoms with E-state index in [0.717, 1.165) is 0 Å². The lowest BCUT2D eigenvalue weighted by Gasteiger charge is -2.19. The number of carbonyl (C=O) groups is 2.